The topological polar surface area (TPSA) is 103 Å². The van der Waals surface area contributed by atoms with Gasteiger partial charge in [-0.05, 0) is 11.6 Å². The van der Waals surface area contributed by atoms with Gasteiger partial charge in [-0.1, -0.05) is 6.07 Å². The summed E-state index contributed by atoms with van der Waals surface area (Å²) in [5, 5.41) is 17.6. The molecule has 2 rings (SSSR count). The molecule has 1 N–H and O–H groups in total. The minimum Gasteiger partial charge on any atom is -0.478 e. The van der Waals surface area contributed by atoms with Crippen LogP contribution in [0.25, 0.3) is 0 Å². The molecule has 2 aromatic rings. The Kier molecular flexibility index (Phi) is 4.77. The van der Waals surface area contributed by atoms with E-state index < -0.39 is 5.97 Å². The maximum Gasteiger partial charge on any atom is 0.338 e. The summed E-state index contributed by atoms with van der Waals surface area (Å²) in [5.74, 6) is -0.684. The largest absolute Gasteiger partial charge is 0.478 e. The van der Waals surface area contributed by atoms with Crippen molar-refractivity contribution in [1.29, 1.82) is 5.26 Å². The first kappa shape index (κ1) is 14.4. The van der Waals surface area contributed by atoms with Crippen LogP contribution in [-0.2, 0) is 6.54 Å². The molecule has 2 heterocycles. The lowest BCUT2D eigenvalue weighted by atomic mass is 10.2. The van der Waals surface area contributed by atoms with Crippen molar-refractivity contribution in [1.82, 2.24) is 15.0 Å². The first-order chi connectivity index (χ1) is 10.2. The molecule has 0 saturated heterocycles. The minimum atomic E-state index is -1.07. The molecule has 0 bridgehead atoms. The van der Waals surface area contributed by atoms with Gasteiger partial charge in [-0.15, -0.1) is 0 Å². The molecule has 0 unspecified atom stereocenters. The Morgan fingerprint density at radius 1 is 1.33 bits per heavy atom. The standard InChI is InChI=1S/C14H13N5O2/c15-4-2-6-19(10-11-3-1-5-16-7-11)14-17-8-12(9-18-14)13(20)21/h1,3,5,7-9H,2,6,10H2,(H,20,21). The van der Waals surface area contributed by atoms with Gasteiger partial charge in [0.05, 0.1) is 18.1 Å². The zero-order valence-electron chi connectivity index (χ0n) is 11.2. The number of nitriles is 1. The molecular weight excluding hydrogens is 270 g/mol. The summed E-state index contributed by atoms with van der Waals surface area (Å²) < 4.78 is 0. The number of carboxylic acid groups (broad SMARTS) is 1. The van der Waals surface area contributed by atoms with Gasteiger partial charge in [0.2, 0.25) is 5.95 Å². The Hall–Kier alpha value is -3.01. The highest BCUT2D eigenvalue weighted by molar-refractivity contribution is 5.86. The van der Waals surface area contributed by atoms with Crippen LogP contribution in [0.4, 0.5) is 5.95 Å². The van der Waals surface area contributed by atoms with E-state index in [2.05, 4.69) is 21.0 Å². The van der Waals surface area contributed by atoms with E-state index in [0.717, 1.165) is 5.56 Å². The van der Waals surface area contributed by atoms with Crippen molar-refractivity contribution in [3.8, 4) is 6.07 Å². The molecule has 21 heavy (non-hydrogen) atoms. The number of carbonyl (C=O) groups is 1. The molecule has 7 heteroatoms. The summed E-state index contributed by atoms with van der Waals surface area (Å²) in [6.45, 7) is 0.958. The summed E-state index contributed by atoms with van der Waals surface area (Å²) in [6, 6.07) is 5.82. The van der Waals surface area contributed by atoms with Crippen molar-refractivity contribution >= 4 is 11.9 Å². The second-order valence-corrected chi connectivity index (χ2v) is 4.27. The molecule has 2 aromatic heterocycles. The summed E-state index contributed by atoms with van der Waals surface area (Å²) in [6.07, 6.45) is 6.25. The molecule has 0 atom stereocenters. The summed E-state index contributed by atoms with van der Waals surface area (Å²) in [7, 11) is 0. The molecule has 0 aliphatic heterocycles. The highest BCUT2D eigenvalue weighted by atomic mass is 16.4. The fraction of sp³-hybridized carbons (Fsp3) is 0.214. The van der Waals surface area contributed by atoms with E-state index in [9.17, 15) is 4.79 Å². The third-order valence-corrected chi connectivity index (χ3v) is 2.76. The summed E-state index contributed by atoms with van der Waals surface area (Å²) in [5.41, 5.74) is 0.988. The van der Waals surface area contributed by atoms with Gasteiger partial charge in [-0.25, -0.2) is 14.8 Å². The van der Waals surface area contributed by atoms with Gasteiger partial charge < -0.3 is 10.0 Å². The van der Waals surface area contributed by atoms with Crippen LogP contribution < -0.4 is 4.90 Å². The molecule has 0 saturated carbocycles. The zero-order valence-corrected chi connectivity index (χ0v) is 11.2. The van der Waals surface area contributed by atoms with Gasteiger partial charge in [0.15, 0.2) is 0 Å². The fourth-order valence-electron chi connectivity index (χ4n) is 1.74. The highest BCUT2D eigenvalue weighted by Crippen LogP contribution is 2.12. The van der Waals surface area contributed by atoms with E-state index in [1.54, 1.807) is 12.4 Å². The molecular formula is C14H13N5O2. The quantitative estimate of drug-likeness (QED) is 0.856. The second-order valence-electron chi connectivity index (χ2n) is 4.27. The first-order valence-corrected chi connectivity index (χ1v) is 6.27. The van der Waals surface area contributed by atoms with Crippen LogP contribution >= 0.6 is 0 Å². The van der Waals surface area contributed by atoms with Gasteiger partial charge in [0.25, 0.3) is 0 Å². The average Bonchev–Trinajstić information content (AvgIpc) is 2.52. The third-order valence-electron chi connectivity index (χ3n) is 2.76. The Morgan fingerprint density at radius 3 is 2.67 bits per heavy atom. The Balaban J connectivity index is 2.19. The van der Waals surface area contributed by atoms with Gasteiger partial charge in [-0.2, -0.15) is 5.26 Å². The van der Waals surface area contributed by atoms with Crippen molar-refractivity contribution < 1.29 is 9.90 Å². The number of nitrogens with zero attached hydrogens (tertiary/aromatic N) is 5. The number of pyridine rings is 1. The van der Waals surface area contributed by atoms with E-state index in [1.807, 2.05) is 17.0 Å². The molecule has 0 aliphatic rings. The van der Waals surface area contributed by atoms with Crippen LogP contribution in [0.5, 0.6) is 0 Å². The zero-order chi connectivity index (χ0) is 15.1. The van der Waals surface area contributed by atoms with Crippen LogP contribution in [0.2, 0.25) is 0 Å². The first-order valence-electron chi connectivity index (χ1n) is 6.27. The lowest BCUT2D eigenvalue weighted by Gasteiger charge is -2.21. The Morgan fingerprint density at radius 2 is 2.10 bits per heavy atom. The molecule has 0 amide bonds. The molecule has 106 valence electrons. The predicted molar refractivity (Wildman–Crippen MR) is 74.5 cm³/mol. The van der Waals surface area contributed by atoms with Gasteiger partial charge >= 0.3 is 5.97 Å². The molecule has 0 aliphatic carbocycles. The van der Waals surface area contributed by atoms with Crippen LogP contribution in [0.1, 0.15) is 22.3 Å². The molecule has 0 spiro atoms. The predicted octanol–water partition coefficient (Wildman–Crippen LogP) is 1.49. The maximum atomic E-state index is 10.8. The third kappa shape index (κ3) is 3.98. The number of rotatable bonds is 6. The van der Waals surface area contributed by atoms with Crippen molar-refractivity contribution in [2.24, 2.45) is 0 Å². The number of hydrogen-bond donors (Lipinski definition) is 1. The molecule has 0 fully saturated rings. The summed E-state index contributed by atoms with van der Waals surface area (Å²) in [4.78, 5) is 24.8. The smallest absolute Gasteiger partial charge is 0.338 e. The van der Waals surface area contributed by atoms with E-state index in [-0.39, 0.29) is 5.56 Å². The number of hydrogen-bond acceptors (Lipinski definition) is 6. The molecule has 7 nitrogen and oxygen atoms in total. The summed E-state index contributed by atoms with van der Waals surface area (Å²) >= 11 is 0. The van der Waals surface area contributed by atoms with E-state index in [4.69, 9.17) is 10.4 Å². The van der Waals surface area contributed by atoms with Crippen molar-refractivity contribution in [2.75, 3.05) is 11.4 Å². The lowest BCUT2D eigenvalue weighted by Crippen LogP contribution is -2.26. The Labute approximate surface area is 121 Å². The monoisotopic (exact) mass is 283 g/mol. The minimum absolute atomic E-state index is 0.0281. The van der Waals surface area contributed by atoms with Crippen LogP contribution in [0, 0.1) is 11.3 Å². The molecule has 0 aromatic carbocycles. The highest BCUT2D eigenvalue weighted by Gasteiger charge is 2.12. The van der Waals surface area contributed by atoms with Gasteiger partial charge in [0.1, 0.15) is 0 Å². The number of carboxylic acids is 1. The molecule has 0 radical (unpaired) electrons. The lowest BCUT2D eigenvalue weighted by molar-refractivity contribution is 0.0696. The second kappa shape index (κ2) is 6.96. The van der Waals surface area contributed by atoms with Crippen molar-refractivity contribution in [3.63, 3.8) is 0 Å². The van der Waals surface area contributed by atoms with E-state index in [0.29, 0.717) is 25.5 Å². The number of anilines is 1. The normalized spacial score (nSPS) is 9.86. The fourth-order valence-corrected chi connectivity index (χ4v) is 1.74. The average molecular weight is 283 g/mol. The van der Waals surface area contributed by atoms with Crippen molar-refractivity contribution in [2.45, 2.75) is 13.0 Å². The number of aromatic nitrogens is 3. The number of aromatic carboxylic acids is 1. The van der Waals surface area contributed by atoms with Crippen molar-refractivity contribution in [3.05, 3.63) is 48.0 Å². The van der Waals surface area contributed by atoms with Crippen LogP contribution in [-0.4, -0.2) is 32.6 Å². The SMILES string of the molecule is N#CCCN(Cc1cccnc1)c1ncc(C(=O)O)cn1. The van der Waals surface area contributed by atoms with E-state index in [1.165, 1.54) is 12.4 Å². The Bertz CT molecular complexity index is 637. The van der Waals surface area contributed by atoms with E-state index >= 15 is 0 Å². The van der Waals surface area contributed by atoms with Gasteiger partial charge in [-0.3, -0.25) is 4.98 Å². The van der Waals surface area contributed by atoms with Crippen LogP contribution in [0.15, 0.2) is 36.9 Å². The van der Waals surface area contributed by atoms with Crippen LogP contribution in [0.3, 0.4) is 0 Å². The maximum absolute atomic E-state index is 10.8. The van der Waals surface area contributed by atoms with Gasteiger partial charge in [0, 0.05) is 37.9 Å².